The molecular formula is C8H8Cl2N2. The van der Waals surface area contributed by atoms with Crippen LogP contribution in [-0.2, 0) is 6.54 Å². The largest absolute Gasteiger partial charge is 0.306 e. The molecule has 0 atom stereocenters. The first-order valence-electron chi connectivity index (χ1n) is 3.37. The second-order valence-electron chi connectivity index (χ2n) is 2.19. The van der Waals surface area contributed by atoms with E-state index in [0.29, 0.717) is 16.6 Å². The number of hydrogen-bond acceptors (Lipinski definition) is 2. The highest BCUT2D eigenvalue weighted by atomic mass is 35.5. The van der Waals surface area contributed by atoms with E-state index in [1.165, 1.54) is 0 Å². The fourth-order valence-corrected chi connectivity index (χ4v) is 1.37. The molecular weight excluding hydrogens is 195 g/mol. The molecule has 0 aliphatic rings. The number of hydrogen-bond donors (Lipinski definition) is 1. The van der Waals surface area contributed by atoms with Crippen LogP contribution in [0.3, 0.4) is 0 Å². The first-order chi connectivity index (χ1) is 5.75. The summed E-state index contributed by atoms with van der Waals surface area (Å²) in [5.74, 6) is 0. The molecule has 0 unspecified atom stereocenters. The highest BCUT2D eigenvalue weighted by Gasteiger charge is 2.03. The van der Waals surface area contributed by atoms with Gasteiger partial charge >= 0.3 is 0 Å². The number of benzene rings is 1. The summed E-state index contributed by atoms with van der Waals surface area (Å²) in [6.07, 6.45) is 0. The Morgan fingerprint density at radius 1 is 1.33 bits per heavy atom. The number of hydrazone groups is 1. The molecule has 12 heavy (non-hydrogen) atoms. The molecule has 1 aromatic rings. The Bertz CT molecular complexity index is 266. The van der Waals surface area contributed by atoms with Gasteiger partial charge in [-0.2, -0.15) is 5.10 Å². The van der Waals surface area contributed by atoms with Crippen LogP contribution in [0.15, 0.2) is 23.3 Å². The van der Waals surface area contributed by atoms with Gasteiger partial charge in [-0.1, -0.05) is 29.3 Å². The number of halogens is 2. The van der Waals surface area contributed by atoms with E-state index in [9.17, 15) is 0 Å². The predicted octanol–water partition coefficient (Wildman–Crippen LogP) is 2.70. The lowest BCUT2D eigenvalue weighted by Gasteiger charge is -2.04. The predicted molar refractivity (Wildman–Crippen MR) is 52.9 cm³/mol. The number of rotatable bonds is 3. The van der Waals surface area contributed by atoms with E-state index in [4.69, 9.17) is 23.2 Å². The Morgan fingerprint density at radius 2 is 1.92 bits per heavy atom. The maximum absolute atomic E-state index is 5.88. The van der Waals surface area contributed by atoms with Crippen LogP contribution < -0.4 is 5.43 Å². The van der Waals surface area contributed by atoms with Gasteiger partial charge in [-0.3, -0.25) is 0 Å². The van der Waals surface area contributed by atoms with E-state index in [0.717, 1.165) is 5.56 Å². The van der Waals surface area contributed by atoms with Crippen LogP contribution in [0.25, 0.3) is 0 Å². The molecule has 0 saturated carbocycles. The highest BCUT2D eigenvalue weighted by molar-refractivity contribution is 6.35. The zero-order valence-electron chi connectivity index (χ0n) is 6.35. The minimum Gasteiger partial charge on any atom is -0.306 e. The summed E-state index contributed by atoms with van der Waals surface area (Å²) in [5, 5.41) is 4.77. The summed E-state index contributed by atoms with van der Waals surface area (Å²) in [5.41, 5.74) is 3.53. The van der Waals surface area contributed by atoms with Gasteiger partial charge in [-0.15, -0.1) is 0 Å². The van der Waals surface area contributed by atoms with Crippen molar-refractivity contribution in [2.45, 2.75) is 6.54 Å². The van der Waals surface area contributed by atoms with Gasteiger partial charge in [0.25, 0.3) is 0 Å². The van der Waals surface area contributed by atoms with Gasteiger partial charge in [0.2, 0.25) is 0 Å². The van der Waals surface area contributed by atoms with Gasteiger partial charge in [0.05, 0.1) is 6.54 Å². The average molecular weight is 203 g/mol. The van der Waals surface area contributed by atoms with Crippen LogP contribution in [0.1, 0.15) is 5.56 Å². The molecule has 0 heterocycles. The summed E-state index contributed by atoms with van der Waals surface area (Å²) >= 11 is 11.8. The molecule has 0 spiro atoms. The van der Waals surface area contributed by atoms with Gasteiger partial charge in [0.15, 0.2) is 0 Å². The first kappa shape index (κ1) is 9.36. The topological polar surface area (TPSA) is 24.4 Å². The Balaban J connectivity index is 2.88. The Hall–Kier alpha value is -0.730. The van der Waals surface area contributed by atoms with Crippen LogP contribution in [0, 0.1) is 0 Å². The molecule has 1 rings (SSSR count). The molecule has 0 saturated heterocycles. The van der Waals surface area contributed by atoms with Crippen LogP contribution in [0.5, 0.6) is 0 Å². The normalized spacial score (nSPS) is 9.50. The third kappa shape index (κ3) is 2.13. The van der Waals surface area contributed by atoms with Crippen molar-refractivity contribution in [3.05, 3.63) is 33.8 Å². The van der Waals surface area contributed by atoms with E-state index >= 15 is 0 Å². The molecule has 4 heteroatoms. The lowest BCUT2D eigenvalue weighted by atomic mass is 10.2. The van der Waals surface area contributed by atoms with Crippen LogP contribution >= 0.6 is 23.2 Å². The maximum Gasteiger partial charge on any atom is 0.0609 e. The van der Waals surface area contributed by atoms with Gasteiger partial charge in [-0.05, 0) is 12.1 Å². The van der Waals surface area contributed by atoms with Crippen LogP contribution in [0.4, 0.5) is 0 Å². The van der Waals surface area contributed by atoms with Crippen molar-refractivity contribution in [3.8, 4) is 0 Å². The van der Waals surface area contributed by atoms with E-state index in [2.05, 4.69) is 17.2 Å². The zero-order chi connectivity index (χ0) is 8.97. The second-order valence-corrected chi connectivity index (χ2v) is 3.01. The third-order valence-electron chi connectivity index (χ3n) is 1.43. The Kier molecular flexibility index (Phi) is 3.38. The van der Waals surface area contributed by atoms with Gasteiger partial charge in [0.1, 0.15) is 0 Å². The molecule has 64 valence electrons. The van der Waals surface area contributed by atoms with Crippen molar-refractivity contribution in [3.63, 3.8) is 0 Å². The van der Waals surface area contributed by atoms with Crippen molar-refractivity contribution in [1.82, 2.24) is 5.43 Å². The number of nitrogens with zero attached hydrogens (tertiary/aromatic N) is 1. The second kappa shape index (κ2) is 4.33. The number of nitrogens with one attached hydrogen (secondary N) is 1. The van der Waals surface area contributed by atoms with E-state index in [1.807, 2.05) is 0 Å². The lowest BCUT2D eigenvalue weighted by molar-refractivity contribution is 0.751. The summed E-state index contributed by atoms with van der Waals surface area (Å²) in [7, 11) is 0. The minimum atomic E-state index is 0.502. The van der Waals surface area contributed by atoms with Gasteiger partial charge < -0.3 is 5.43 Å². The van der Waals surface area contributed by atoms with Crippen molar-refractivity contribution >= 4 is 29.9 Å². The fourth-order valence-electron chi connectivity index (χ4n) is 0.836. The quantitative estimate of drug-likeness (QED) is 0.592. The molecule has 0 bridgehead atoms. The molecule has 2 nitrogen and oxygen atoms in total. The zero-order valence-corrected chi connectivity index (χ0v) is 7.86. The molecule has 0 amide bonds. The molecule has 0 aromatic heterocycles. The third-order valence-corrected chi connectivity index (χ3v) is 2.14. The van der Waals surface area contributed by atoms with Crippen molar-refractivity contribution in [1.29, 1.82) is 0 Å². The SMILES string of the molecule is C=NNCc1c(Cl)cccc1Cl. The van der Waals surface area contributed by atoms with E-state index in [-0.39, 0.29) is 0 Å². The minimum absolute atomic E-state index is 0.502. The molecule has 1 aromatic carbocycles. The molecule has 1 N–H and O–H groups in total. The summed E-state index contributed by atoms with van der Waals surface area (Å²) in [6, 6.07) is 5.37. The van der Waals surface area contributed by atoms with Crippen molar-refractivity contribution in [2.75, 3.05) is 0 Å². The maximum atomic E-state index is 5.88. The van der Waals surface area contributed by atoms with E-state index in [1.54, 1.807) is 18.2 Å². The van der Waals surface area contributed by atoms with Crippen molar-refractivity contribution in [2.24, 2.45) is 5.10 Å². The molecule has 0 radical (unpaired) electrons. The molecule has 0 fully saturated rings. The average Bonchev–Trinajstić information content (AvgIpc) is 2.04. The monoisotopic (exact) mass is 202 g/mol. The highest BCUT2D eigenvalue weighted by Crippen LogP contribution is 2.23. The molecule has 0 aliphatic carbocycles. The Morgan fingerprint density at radius 3 is 2.42 bits per heavy atom. The smallest absolute Gasteiger partial charge is 0.0609 e. The first-order valence-corrected chi connectivity index (χ1v) is 4.12. The Labute approximate surface area is 81.2 Å². The van der Waals surface area contributed by atoms with E-state index < -0.39 is 0 Å². The van der Waals surface area contributed by atoms with Crippen LogP contribution in [-0.4, -0.2) is 6.72 Å². The standard InChI is InChI=1S/C8H8Cl2N2/c1-11-12-5-6-7(9)3-2-4-8(6)10/h2-4,12H,1,5H2. The summed E-state index contributed by atoms with van der Waals surface area (Å²) < 4.78 is 0. The summed E-state index contributed by atoms with van der Waals surface area (Å²) in [4.78, 5) is 0. The lowest BCUT2D eigenvalue weighted by Crippen LogP contribution is -2.04. The van der Waals surface area contributed by atoms with Gasteiger partial charge in [-0.25, -0.2) is 0 Å². The summed E-state index contributed by atoms with van der Waals surface area (Å²) in [6.45, 7) is 3.79. The van der Waals surface area contributed by atoms with Crippen molar-refractivity contribution < 1.29 is 0 Å². The fraction of sp³-hybridized carbons (Fsp3) is 0.125. The van der Waals surface area contributed by atoms with Crippen LogP contribution in [0.2, 0.25) is 10.0 Å². The van der Waals surface area contributed by atoms with Gasteiger partial charge in [0, 0.05) is 22.3 Å². The molecule has 0 aliphatic heterocycles.